The highest BCUT2D eigenvalue weighted by Gasteiger charge is 2.39. The van der Waals surface area contributed by atoms with E-state index in [0.717, 1.165) is 18.8 Å². The quantitative estimate of drug-likeness (QED) is 0.820. The van der Waals surface area contributed by atoms with Gasteiger partial charge in [-0.3, -0.25) is 9.69 Å². The van der Waals surface area contributed by atoms with Crippen LogP contribution in [0, 0.1) is 0 Å². The van der Waals surface area contributed by atoms with Crippen LogP contribution in [0.5, 0.6) is 0 Å². The molecule has 1 aromatic rings. The summed E-state index contributed by atoms with van der Waals surface area (Å²) in [5.41, 5.74) is 6.63. The molecule has 1 saturated heterocycles. The second-order valence-electron chi connectivity index (χ2n) is 5.09. The molecule has 4 nitrogen and oxygen atoms in total. The Balaban J connectivity index is 1.89. The molecule has 1 amide bonds. The number of nitrogens with two attached hydrogens (primary N) is 1. The minimum absolute atomic E-state index is 0.0201. The van der Waals surface area contributed by atoms with Crippen LogP contribution < -0.4 is 11.1 Å². The largest absolute Gasteiger partial charge is 0.325 e. The monoisotopic (exact) mass is 233 g/mol. The summed E-state index contributed by atoms with van der Waals surface area (Å²) in [7, 11) is 0. The maximum Gasteiger partial charge on any atom is 0.241 e. The molecule has 92 valence electrons. The van der Waals surface area contributed by atoms with Crippen molar-refractivity contribution in [2.75, 3.05) is 18.4 Å². The first kappa shape index (κ1) is 12.1. The summed E-state index contributed by atoms with van der Waals surface area (Å²) in [6.07, 6.45) is 0. The number of hydrogen-bond donors (Lipinski definition) is 2. The van der Waals surface area contributed by atoms with Gasteiger partial charge in [-0.25, -0.2) is 0 Å². The Morgan fingerprint density at radius 2 is 2.00 bits per heavy atom. The van der Waals surface area contributed by atoms with Crippen LogP contribution in [0.25, 0.3) is 0 Å². The van der Waals surface area contributed by atoms with E-state index >= 15 is 0 Å². The number of benzene rings is 1. The molecule has 1 heterocycles. The summed E-state index contributed by atoms with van der Waals surface area (Å²) in [4.78, 5) is 14.0. The van der Waals surface area contributed by atoms with Crippen molar-refractivity contribution in [3.63, 3.8) is 0 Å². The number of rotatable bonds is 3. The van der Waals surface area contributed by atoms with Gasteiger partial charge in [-0.15, -0.1) is 0 Å². The summed E-state index contributed by atoms with van der Waals surface area (Å²) >= 11 is 0. The molecule has 1 aliphatic rings. The molecule has 0 aromatic heterocycles. The number of carbonyl (C=O) groups is 1. The number of anilines is 1. The summed E-state index contributed by atoms with van der Waals surface area (Å²) in [5.74, 6) is 0.0201. The van der Waals surface area contributed by atoms with E-state index < -0.39 is 0 Å². The van der Waals surface area contributed by atoms with Crippen LogP contribution >= 0.6 is 0 Å². The predicted octanol–water partition coefficient (Wildman–Crippen LogP) is 1.05. The first-order valence-electron chi connectivity index (χ1n) is 5.87. The lowest BCUT2D eigenvalue weighted by molar-refractivity contribution is -0.123. The van der Waals surface area contributed by atoms with Gasteiger partial charge in [0.2, 0.25) is 5.91 Å². The lowest BCUT2D eigenvalue weighted by Crippen LogP contribution is -2.68. The second-order valence-corrected chi connectivity index (χ2v) is 5.09. The molecule has 4 heteroatoms. The van der Waals surface area contributed by atoms with Gasteiger partial charge < -0.3 is 11.1 Å². The van der Waals surface area contributed by atoms with Gasteiger partial charge in [-0.2, -0.15) is 0 Å². The minimum atomic E-state index is -0.138. The smallest absolute Gasteiger partial charge is 0.241 e. The van der Waals surface area contributed by atoms with Crippen molar-refractivity contribution >= 4 is 11.6 Å². The van der Waals surface area contributed by atoms with Crippen molar-refractivity contribution in [2.24, 2.45) is 5.73 Å². The summed E-state index contributed by atoms with van der Waals surface area (Å²) in [6, 6.07) is 9.37. The molecular weight excluding hydrogens is 214 g/mol. The normalized spacial score (nSPS) is 20.4. The number of hydrogen-bond acceptors (Lipinski definition) is 3. The van der Waals surface area contributed by atoms with E-state index in [4.69, 9.17) is 5.73 Å². The fourth-order valence-corrected chi connectivity index (χ4v) is 2.09. The van der Waals surface area contributed by atoms with Crippen molar-refractivity contribution in [1.82, 2.24) is 4.90 Å². The summed E-state index contributed by atoms with van der Waals surface area (Å²) < 4.78 is 0. The Morgan fingerprint density at radius 1 is 1.41 bits per heavy atom. The van der Waals surface area contributed by atoms with Gasteiger partial charge in [-0.1, -0.05) is 18.2 Å². The number of nitrogens with zero attached hydrogens (tertiary/aromatic N) is 1. The Hall–Kier alpha value is -1.39. The zero-order valence-corrected chi connectivity index (χ0v) is 10.3. The zero-order chi connectivity index (χ0) is 12.5. The number of para-hydroxylation sites is 1. The first-order valence-corrected chi connectivity index (χ1v) is 5.87. The third-order valence-corrected chi connectivity index (χ3v) is 3.10. The molecule has 1 fully saturated rings. The molecule has 0 bridgehead atoms. The van der Waals surface area contributed by atoms with Gasteiger partial charge in [0.05, 0.1) is 6.04 Å². The molecule has 1 atom stereocenters. The molecule has 2 rings (SSSR count). The fourth-order valence-electron chi connectivity index (χ4n) is 2.09. The van der Waals surface area contributed by atoms with Crippen molar-refractivity contribution in [2.45, 2.75) is 25.4 Å². The van der Waals surface area contributed by atoms with Crippen LogP contribution in [0.1, 0.15) is 13.8 Å². The number of likely N-dealkylation sites (tertiary alicyclic amines) is 1. The maximum absolute atomic E-state index is 12.0. The van der Waals surface area contributed by atoms with E-state index in [1.54, 1.807) is 0 Å². The molecular formula is C13H19N3O. The van der Waals surface area contributed by atoms with Crippen LogP contribution in [0.4, 0.5) is 5.69 Å². The van der Waals surface area contributed by atoms with Crippen LogP contribution in [0.15, 0.2) is 30.3 Å². The van der Waals surface area contributed by atoms with Gasteiger partial charge in [0.1, 0.15) is 0 Å². The molecule has 1 aromatic carbocycles. The second kappa shape index (κ2) is 4.47. The molecule has 3 N–H and O–H groups in total. The van der Waals surface area contributed by atoms with Crippen molar-refractivity contribution in [1.29, 1.82) is 0 Å². The average Bonchev–Trinajstić information content (AvgIpc) is 2.26. The Labute approximate surface area is 102 Å². The molecule has 0 radical (unpaired) electrons. The SMILES string of the molecule is CC(C(=O)Nc1ccccc1)N1CC(C)(N)C1. The van der Waals surface area contributed by atoms with Gasteiger partial charge in [0, 0.05) is 24.3 Å². The van der Waals surface area contributed by atoms with E-state index in [1.165, 1.54) is 0 Å². The zero-order valence-electron chi connectivity index (χ0n) is 10.3. The van der Waals surface area contributed by atoms with E-state index in [-0.39, 0.29) is 17.5 Å². The number of nitrogens with one attached hydrogen (secondary N) is 1. The van der Waals surface area contributed by atoms with Gasteiger partial charge in [-0.05, 0) is 26.0 Å². The molecule has 1 unspecified atom stereocenters. The lowest BCUT2D eigenvalue weighted by Gasteiger charge is -2.47. The number of amides is 1. The van der Waals surface area contributed by atoms with E-state index in [9.17, 15) is 4.79 Å². The molecule has 17 heavy (non-hydrogen) atoms. The summed E-state index contributed by atoms with van der Waals surface area (Å²) in [6.45, 7) is 5.46. The van der Waals surface area contributed by atoms with Gasteiger partial charge in [0.15, 0.2) is 0 Å². The van der Waals surface area contributed by atoms with E-state index in [1.807, 2.05) is 44.2 Å². The highest BCUT2D eigenvalue weighted by atomic mass is 16.2. The van der Waals surface area contributed by atoms with Crippen LogP contribution in [-0.4, -0.2) is 35.5 Å². The van der Waals surface area contributed by atoms with Crippen molar-refractivity contribution in [3.8, 4) is 0 Å². The van der Waals surface area contributed by atoms with Crippen LogP contribution in [0.2, 0.25) is 0 Å². The predicted molar refractivity (Wildman–Crippen MR) is 68.7 cm³/mol. The van der Waals surface area contributed by atoms with Crippen LogP contribution in [0.3, 0.4) is 0 Å². The first-order chi connectivity index (χ1) is 7.98. The van der Waals surface area contributed by atoms with Crippen molar-refractivity contribution < 1.29 is 4.79 Å². The Morgan fingerprint density at radius 3 is 2.53 bits per heavy atom. The summed E-state index contributed by atoms with van der Waals surface area (Å²) in [5, 5.41) is 2.90. The minimum Gasteiger partial charge on any atom is -0.325 e. The molecule has 0 saturated carbocycles. The van der Waals surface area contributed by atoms with Gasteiger partial charge in [0.25, 0.3) is 0 Å². The maximum atomic E-state index is 12.0. The standard InChI is InChI=1S/C13H19N3O/c1-10(16-8-13(2,14)9-16)12(17)15-11-6-4-3-5-7-11/h3-7,10H,8-9,14H2,1-2H3,(H,15,17). The third kappa shape index (κ3) is 2.84. The topological polar surface area (TPSA) is 58.4 Å². The Bertz CT molecular complexity index is 394. The van der Waals surface area contributed by atoms with Crippen molar-refractivity contribution in [3.05, 3.63) is 30.3 Å². The highest BCUT2D eigenvalue weighted by molar-refractivity contribution is 5.94. The molecule has 0 spiro atoms. The average molecular weight is 233 g/mol. The van der Waals surface area contributed by atoms with E-state index in [0.29, 0.717) is 0 Å². The fraction of sp³-hybridized carbons (Fsp3) is 0.462. The third-order valence-electron chi connectivity index (χ3n) is 3.10. The van der Waals surface area contributed by atoms with Gasteiger partial charge >= 0.3 is 0 Å². The molecule has 1 aliphatic heterocycles. The molecule has 0 aliphatic carbocycles. The number of carbonyl (C=O) groups excluding carboxylic acids is 1. The van der Waals surface area contributed by atoms with E-state index in [2.05, 4.69) is 10.2 Å². The Kier molecular flexibility index (Phi) is 3.17. The highest BCUT2D eigenvalue weighted by Crippen LogP contribution is 2.20. The van der Waals surface area contributed by atoms with Crippen LogP contribution in [-0.2, 0) is 4.79 Å². The lowest BCUT2D eigenvalue weighted by atomic mass is 9.92.